The number of nitrogens with one attached hydrogen (secondary N) is 1. The highest BCUT2D eigenvalue weighted by Crippen LogP contribution is 2.23. The van der Waals surface area contributed by atoms with Crippen LogP contribution in [0.3, 0.4) is 0 Å². The second-order valence-corrected chi connectivity index (χ2v) is 6.74. The molecule has 0 aliphatic carbocycles. The average molecular weight is 403 g/mol. The van der Waals surface area contributed by atoms with Gasteiger partial charge in [0.25, 0.3) is 0 Å². The van der Waals surface area contributed by atoms with E-state index in [1.54, 1.807) is 6.20 Å². The Hall–Kier alpha value is -0.590. The highest BCUT2D eigenvalue weighted by molar-refractivity contribution is 9.10. The lowest BCUT2D eigenvalue weighted by molar-refractivity contribution is 0.632. The molecule has 1 N–H and O–H groups in total. The molecule has 3 nitrogen and oxygen atoms in total. The molecule has 2 rings (SSSR count). The van der Waals surface area contributed by atoms with E-state index in [0.717, 1.165) is 26.8 Å². The van der Waals surface area contributed by atoms with Gasteiger partial charge in [-0.15, -0.1) is 0 Å². The van der Waals surface area contributed by atoms with E-state index in [-0.39, 0.29) is 0 Å². The van der Waals surface area contributed by atoms with Crippen molar-refractivity contribution in [1.82, 2.24) is 15.0 Å². The Balaban J connectivity index is 2.50. The van der Waals surface area contributed by atoms with Crippen LogP contribution < -0.4 is 0 Å². The van der Waals surface area contributed by atoms with E-state index in [2.05, 4.69) is 60.7 Å². The zero-order valence-electron chi connectivity index (χ0n) is 10.6. The van der Waals surface area contributed by atoms with Crippen molar-refractivity contribution in [1.29, 1.82) is 0 Å². The van der Waals surface area contributed by atoms with Crippen LogP contribution in [0.1, 0.15) is 19.5 Å². The Kier molecular flexibility index (Phi) is 4.86. The largest absolute Gasteiger partial charge is 0.341 e. The van der Waals surface area contributed by atoms with Crippen molar-refractivity contribution in [3.05, 3.63) is 37.6 Å². The SMILES string of the molecule is CC(C)Cc1[nH]c(-c2ccc(Br)cn2)nc(=S)c1Br. The fourth-order valence-corrected chi connectivity index (χ4v) is 2.49. The summed E-state index contributed by atoms with van der Waals surface area (Å²) < 4.78 is 2.38. The third-order valence-corrected chi connectivity index (χ3v) is 4.40. The van der Waals surface area contributed by atoms with Gasteiger partial charge in [0.05, 0.1) is 4.47 Å². The van der Waals surface area contributed by atoms with Gasteiger partial charge >= 0.3 is 0 Å². The van der Waals surface area contributed by atoms with Crippen molar-refractivity contribution in [2.75, 3.05) is 0 Å². The number of rotatable bonds is 3. The summed E-state index contributed by atoms with van der Waals surface area (Å²) in [4.78, 5) is 12.0. The third kappa shape index (κ3) is 3.70. The summed E-state index contributed by atoms with van der Waals surface area (Å²) in [7, 11) is 0. The Labute approximate surface area is 134 Å². The number of aromatic nitrogens is 3. The van der Waals surface area contributed by atoms with Crippen LogP contribution in [0.4, 0.5) is 0 Å². The molecule has 2 aromatic rings. The minimum Gasteiger partial charge on any atom is -0.341 e. The molecule has 0 aliphatic heterocycles. The standard InChI is InChI=1S/C13H13Br2N3S/c1-7(2)5-10-11(15)13(19)18-12(17-10)9-4-3-8(14)6-16-9/h3-4,6-7H,5H2,1-2H3,(H,17,18,19). The van der Waals surface area contributed by atoms with Crippen molar-refractivity contribution in [2.45, 2.75) is 20.3 Å². The Morgan fingerprint density at radius 1 is 1.32 bits per heavy atom. The number of nitrogens with zero attached hydrogens (tertiary/aromatic N) is 2. The van der Waals surface area contributed by atoms with Gasteiger partial charge in [0.1, 0.15) is 10.3 Å². The van der Waals surface area contributed by atoms with Crippen LogP contribution in [0.25, 0.3) is 11.5 Å². The number of hydrogen-bond donors (Lipinski definition) is 1. The second kappa shape index (κ2) is 6.24. The minimum absolute atomic E-state index is 0.537. The summed E-state index contributed by atoms with van der Waals surface area (Å²) in [5, 5.41) is 0. The van der Waals surface area contributed by atoms with Gasteiger partial charge in [0.15, 0.2) is 5.82 Å². The molecule has 2 aromatic heterocycles. The molecule has 0 amide bonds. The molecule has 0 aromatic carbocycles. The first-order chi connectivity index (χ1) is 8.97. The normalized spacial score (nSPS) is 11.0. The van der Waals surface area contributed by atoms with Gasteiger partial charge in [0, 0.05) is 16.4 Å². The van der Waals surface area contributed by atoms with Gasteiger partial charge in [-0.05, 0) is 56.3 Å². The van der Waals surface area contributed by atoms with Crippen molar-refractivity contribution in [3.63, 3.8) is 0 Å². The lowest BCUT2D eigenvalue weighted by Gasteiger charge is -2.10. The van der Waals surface area contributed by atoms with Crippen LogP contribution in [0.15, 0.2) is 27.3 Å². The molecule has 0 atom stereocenters. The number of halogens is 2. The first-order valence-corrected chi connectivity index (χ1v) is 7.87. The van der Waals surface area contributed by atoms with Crippen LogP contribution in [0.5, 0.6) is 0 Å². The summed E-state index contributed by atoms with van der Waals surface area (Å²) in [6, 6.07) is 3.84. The molecular weight excluding hydrogens is 390 g/mol. The molecule has 0 aliphatic rings. The zero-order chi connectivity index (χ0) is 14.0. The number of H-pyrrole nitrogens is 1. The fourth-order valence-electron chi connectivity index (χ4n) is 1.69. The number of hydrogen-bond acceptors (Lipinski definition) is 3. The fraction of sp³-hybridized carbons (Fsp3) is 0.308. The Bertz CT molecular complexity index is 635. The van der Waals surface area contributed by atoms with E-state index in [4.69, 9.17) is 12.2 Å². The molecule has 0 bridgehead atoms. The molecule has 0 radical (unpaired) electrons. The van der Waals surface area contributed by atoms with E-state index in [1.807, 2.05) is 12.1 Å². The second-order valence-electron chi connectivity index (χ2n) is 4.64. The van der Waals surface area contributed by atoms with E-state index in [9.17, 15) is 0 Å². The molecule has 2 heterocycles. The summed E-state index contributed by atoms with van der Waals surface area (Å²) in [6.07, 6.45) is 2.66. The molecule has 0 fully saturated rings. The zero-order valence-corrected chi connectivity index (χ0v) is 14.6. The molecule has 0 saturated heterocycles. The molecular formula is C13H13Br2N3S. The van der Waals surface area contributed by atoms with Gasteiger partial charge < -0.3 is 4.98 Å². The maximum atomic E-state index is 5.29. The van der Waals surface area contributed by atoms with Crippen molar-refractivity contribution < 1.29 is 0 Å². The van der Waals surface area contributed by atoms with Crippen LogP contribution in [0.2, 0.25) is 0 Å². The summed E-state index contributed by atoms with van der Waals surface area (Å²) in [5.41, 5.74) is 1.85. The van der Waals surface area contributed by atoms with Crippen LogP contribution in [0, 0.1) is 10.6 Å². The van der Waals surface area contributed by atoms with Gasteiger partial charge in [-0.1, -0.05) is 26.1 Å². The minimum atomic E-state index is 0.537. The van der Waals surface area contributed by atoms with Gasteiger partial charge in [-0.3, -0.25) is 4.98 Å². The first kappa shape index (κ1) is 14.8. The highest BCUT2D eigenvalue weighted by Gasteiger charge is 2.10. The van der Waals surface area contributed by atoms with E-state index < -0.39 is 0 Å². The Morgan fingerprint density at radius 3 is 2.63 bits per heavy atom. The smallest absolute Gasteiger partial charge is 0.157 e. The average Bonchev–Trinajstić information content (AvgIpc) is 2.35. The summed E-state index contributed by atoms with van der Waals surface area (Å²) in [5.74, 6) is 1.24. The maximum Gasteiger partial charge on any atom is 0.157 e. The molecule has 19 heavy (non-hydrogen) atoms. The summed E-state index contributed by atoms with van der Waals surface area (Å²) >= 11 is 12.2. The van der Waals surface area contributed by atoms with Crippen molar-refractivity contribution in [2.24, 2.45) is 5.92 Å². The first-order valence-electron chi connectivity index (χ1n) is 5.88. The van der Waals surface area contributed by atoms with Crippen molar-refractivity contribution in [3.8, 4) is 11.5 Å². The predicted octanol–water partition coefficient (Wildman–Crippen LogP) is 4.92. The number of aromatic amines is 1. The van der Waals surface area contributed by atoms with Gasteiger partial charge in [-0.25, -0.2) is 4.98 Å². The molecule has 100 valence electrons. The van der Waals surface area contributed by atoms with Gasteiger partial charge in [0.2, 0.25) is 0 Å². The van der Waals surface area contributed by atoms with E-state index in [0.29, 0.717) is 16.4 Å². The Morgan fingerprint density at radius 2 is 2.05 bits per heavy atom. The third-order valence-electron chi connectivity index (χ3n) is 2.52. The van der Waals surface area contributed by atoms with Crippen LogP contribution in [-0.2, 0) is 6.42 Å². The predicted molar refractivity (Wildman–Crippen MR) is 86.6 cm³/mol. The van der Waals surface area contributed by atoms with Gasteiger partial charge in [-0.2, -0.15) is 0 Å². The maximum absolute atomic E-state index is 5.29. The lowest BCUT2D eigenvalue weighted by atomic mass is 10.1. The molecule has 0 saturated carbocycles. The number of pyridine rings is 1. The van der Waals surface area contributed by atoms with E-state index in [1.165, 1.54) is 0 Å². The molecule has 0 unspecified atom stereocenters. The highest BCUT2D eigenvalue weighted by atomic mass is 79.9. The topological polar surface area (TPSA) is 41.6 Å². The van der Waals surface area contributed by atoms with Crippen molar-refractivity contribution >= 4 is 44.1 Å². The molecule has 6 heteroatoms. The summed E-state index contributed by atoms with van der Waals surface area (Å²) in [6.45, 7) is 4.34. The monoisotopic (exact) mass is 401 g/mol. The molecule has 0 spiro atoms. The quantitative estimate of drug-likeness (QED) is 0.740. The van der Waals surface area contributed by atoms with E-state index >= 15 is 0 Å². The lowest BCUT2D eigenvalue weighted by Crippen LogP contribution is -2.03. The van der Waals surface area contributed by atoms with Crippen LogP contribution >= 0.6 is 44.1 Å². The van der Waals surface area contributed by atoms with Crippen LogP contribution in [-0.4, -0.2) is 15.0 Å².